The summed E-state index contributed by atoms with van der Waals surface area (Å²) in [4.78, 5) is 12.8. The summed E-state index contributed by atoms with van der Waals surface area (Å²) in [5.41, 5.74) is 3.20. The minimum atomic E-state index is -4.32. The number of hydrogen-bond acceptors (Lipinski definition) is 6. The van der Waals surface area contributed by atoms with Gasteiger partial charge in [-0.2, -0.15) is 18.5 Å². The standard InChI is InChI=1S/C26H24N2O6S/c1-18-23(26(29)28(27-18)21-9-11-22(12-10-21)35(30,31)32)16-20-8-13-24(25(17-20)33-2)34-15-14-19-6-4-3-5-7-19/h3-13,16-17H,14-15H2,1-2H3,(H,30,31,32)/b23-16+. The van der Waals surface area contributed by atoms with Gasteiger partial charge in [-0.05, 0) is 60.5 Å². The van der Waals surface area contributed by atoms with Crippen molar-refractivity contribution in [2.24, 2.45) is 5.10 Å². The van der Waals surface area contributed by atoms with Crippen molar-refractivity contribution in [1.82, 2.24) is 0 Å². The molecule has 1 aliphatic heterocycles. The topological polar surface area (TPSA) is 106 Å². The van der Waals surface area contributed by atoms with Gasteiger partial charge in [-0.25, -0.2) is 0 Å². The van der Waals surface area contributed by atoms with E-state index in [1.165, 1.54) is 34.8 Å². The Hall–Kier alpha value is -3.95. The molecule has 35 heavy (non-hydrogen) atoms. The number of nitrogens with zero attached hydrogens (tertiary/aromatic N) is 2. The van der Waals surface area contributed by atoms with E-state index in [9.17, 15) is 13.2 Å². The van der Waals surface area contributed by atoms with Crippen LogP contribution in [0.2, 0.25) is 0 Å². The molecule has 4 rings (SSSR count). The molecular weight excluding hydrogens is 468 g/mol. The predicted octanol–water partition coefficient (Wildman–Crippen LogP) is 4.37. The molecule has 0 fully saturated rings. The molecule has 0 saturated heterocycles. The molecule has 0 atom stereocenters. The lowest BCUT2D eigenvalue weighted by Gasteiger charge is -2.13. The third-order valence-corrected chi connectivity index (χ3v) is 6.30. The zero-order valence-corrected chi connectivity index (χ0v) is 20.0. The average molecular weight is 493 g/mol. The molecule has 0 bridgehead atoms. The molecule has 0 unspecified atom stereocenters. The van der Waals surface area contributed by atoms with E-state index >= 15 is 0 Å². The van der Waals surface area contributed by atoms with E-state index in [-0.39, 0.29) is 10.8 Å². The lowest BCUT2D eigenvalue weighted by molar-refractivity contribution is -0.114. The number of anilines is 1. The van der Waals surface area contributed by atoms with E-state index in [1.54, 1.807) is 32.2 Å². The van der Waals surface area contributed by atoms with Crippen LogP contribution in [0.3, 0.4) is 0 Å². The highest BCUT2D eigenvalue weighted by Gasteiger charge is 2.29. The Morgan fingerprint density at radius 2 is 1.71 bits per heavy atom. The van der Waals surface area contributed by atoms with Gasteiger partial charge in [-0.3, -0.25) is 9.35 Å². The van der Waals surface area contributed by atoms with Crippen molar-refractivity contribution in [1.29, 1.82) is 0 Å². The van der Waals surface area contributed by atoms with Gasteiger partial charge in [0.2, 0.25) is 0 Å². The van der Waals surface area contributed by atoms with Crippen molar-refractivity contribution in [3.05, 3.63) is 89.5 Å². The molecule has 1 amide bonds. The van der Waals surface area contributed by atoms with E-state index in [4.69, 9.17) is 14.0 Å². The van der Waals surface area contributed by atoms with Crippen LogP contribution in [0.5, 0.6) is 11.5 Å². The fourth-order valence-electron chi connectivity index (χ4n) is 3.60. The minimum absolute atomic E-state index is 0.262. The number of rotatable bonds is 8. The predicted molar refractivity (Wildman–Crippen MR) is 133 cm³/mol. The van der Waals surface area contributed by atoms with Crippen molar-refractivity contribution in [2.75, 3.05) is 18.7 Å². The van der Waals surface area contributed by atoms with Crippen molar-refractivity contribution >= 4 is 33.5 Å². The Morgan fingerprint density at radius 3 is 2.37 bits per heavy atom. The minimum Gasteiger partial charge on any atom is -0.493 e. The first-order chi connectivity index (χ1) is 16.8. The van der Waals surface area contributed by atoms with Crippen LogP contribution >= 0.6 is 0 Å². The highest BCUT2D eigenvalue weighted by Crippen LogP contribution is 2.31. The third-order valence-electron chi connectivity index (χ3n) is 5.43. The summed E-state index contributed by atoms with van der Waals surface area (Å²) < 4.78 is 43.0. The Balaban J connectivity index is 1.49. The van der Waals surface area contributed by atoms with Gasteiger partial charge in [-0.15, -0.1) is 0 Å². The highest BCUT2D eigenvalue weighted by molar-refractivity contribution is 7.85. The molecule has 0 aromatic heterocycles. The molecule has 8 nitrogen and oxygen atoms in total. The van der Waals surface area contributed by atoms with Gasteiger partial charge in [-0.1, -0.05) is 36.4 Å². The largest absolute Gasteiger partial charge is 0.493 e. The SMILES string of the molecule is COc1cc(/C=C2/C(=O)N(c3ccc(S(=O)(=O)O)cc3)N=C2C)ccc1OCCc1ccccc1. The normalized spacial score (nSPS) is 14.8. The quantitative estimate of drug-likeness (QED) is 0.370. The van der Waals surface area contributed by atoms with Crippen molar-refractivity contribution in [3.63, 3.8) is 0 Å². The summed E-state index contributed by atoms with van der Waals surface area (Å²) in [6.07, 6.45) is 2.48. The second-order valence-electron chi connectivity index (χ2n) is 7.82. The average Bonchev–Trinajstić information content (AvgIpc) is 3.13. The van der Waals surface area contributed by atoms with Crippen LogP contribution in [-0.2, 0) is 21.3 Å². The van der Waals surface area contributed by atoms with Crippen LogP contribution in [0.1, 0.15) is 18.1 Å². The molecule has 0 saturated carbocycles. The fraction of sp³-hybridized carbons (Fsp3) is 0.154. The first-order valence-electron chi connectivity index (χ1n) is 10.8. The van der Waals surface area contributed by atoms with Gasteiger partial charge in [0, 0.05) is 6.42 Å². The Bertz CT molecular complexity index is 1400. The fourth-order valence-corrected chi connectivity index (χ4v) is 4.08. The highest BCUT2D eigenvalue weighted by atomic mass is 32.2. The zero-order valence-electron chi connectivity index (χ0n) is 19.2. The number of amides is 1. The number of methoxy groups -OCH3 is 1. The van der Waals surface area contributed by atoms with Crippen molar-refractivity contribution in [3.8, 4) is 11.5 Å². The molecule has 9 heteroatoms. The van der Waals surface area contributed by atoms with Gasteiger partial charge in [0.25, 0.3) is 16.0 Å². The maximum Gasteiger partial charge on any atom is 0.294 e. The monoisotopic (exact) mass is 492 g/mol. The lowest BCUT2D eigenvalue weighted by Crippen LogP contribution is -2.21. The maximum absolute atomic E-state index is 13.0. The smallest absolute Gasteiger partial charge is 0.294 e. The summed E-state index contributed by atoms with van der Waals surface area (Å²) in [6.45, 7) is 2.21. The number of carbonyl (C=O) groups excluding carboxylic acids is 1. The molecule has 0 spiro atoms. The van der Waals surface area contributed by atoms with Crippen LogP contribution in [0.15, 0.2) is 88.4 Å². The second-order valence-corrected chi connectivity index (χ2v) is 9.25. The molecular formula is C26H24N2O6S. The van der Waals surface area contributed by atoms with Gasteiger partial charge >= 0.3 is 0 Å². The first kappa shape index (κ1) is 24.2. The van der Waals surface area contributed by atoms with Gasteiger partial charge in [0.05, 0.1) is 35.6 Å². The molecule has 0 aliphatic carbocycles. The van der Waals surface area contributed by atoms with E-state index in [1.807, 2.05) is 36.4 Å². The van der Waals surface area contributed by atoms with Gasteiger partial charge in [0.15, 0.2) is 11.5 Å². The van der Waals surface area contributed by atoms with E-state index in [0.29, 0.717) is 35.1 Å². The van der Waals surface area contributed by atoms with Crippen LogP contribution < -0.4 is 14.5 Å². The van der Waals surface area contributed by atoms with Crippen LogP contribution in [0, 0.1) is 0 Å². The lowest BCUT2D eigenvalue weighted by atomic mass is 10.1. The molecule has 3 aromatic carbocycles. The van der Waals surface area contributed by atoms with Gasteiger partial charge < -0.3 is 9.47 Å². The number of hydrogen-bond donors (Lipinski definition) is 1. The van der Waals surface area contributed by atoms with Crippen molar-refractivity contribution in [2.45, 2.75) is 18.2 Å². The Kier molecular flexibility index (Phi) is 6.99. The van der Waals surface area contributed by atoms with E-state index < -0.39 is 10.1 Å². The number of carbonyl (C=O) groups is 1. The summed E-state index contributed by atoms with van der Waals surface area (Å²) in [6, 6.07) is 20.7. The summed E-state index contributed by atoms with van der Waals surface area (Å²) >= 11 is 0. The van der Waals surface area contributed by atoms with E-state index in [0.717, 1.165) is 12.0 Å². The van der Waals surface area contributed by atoms with Crippen LogP contribution in [0.4, 0.5) is 5.69 Å². The first-order valence-corrected chi connectivity index (χ1v) is 12.2. The zero-order chi connectivity index (χ0) is 25.0. The summed E-state index contributed by atoms with van der Waals surface area (Å²) in [5, 5.41) is 5.49. The molecule has 1 N–H and O–H groups in total. The third kappa shape index (κ3) is 5.59. The second kappa shape index (κ2) is 10.1. The van der Waals surface area contributed by atoms with E-state index in [2.05, 4.69) is 5.10 Å². The maximum atomic E-state index is 13.0. The van der Waals surface area contributed by atoms with Crippen LogP contribution in [0.25, 0.3) is 6.08 Å². The van der Waals surface area contributed by atoms with Gasteiger partial charge in [0.1, 0.15) is 0 Å². The molecule has 3 aromatic rings. The number of ether oxygens (including phenoxy) is 2. The number of hydrazone groups is 1. The van der Waals surface area contributed by atoms with Crippen molar-refractivity contribution < 1.29 is 27.2 Å². The molecule has 180 valence electrons. The Morgan fingerprint density at radius 1 is 1.00 bits per heavy atom. The molecule has 1 aliphatic rings. The molecule has 0 radical (unpaired) electrons. The summed E-state index contributed by atoms with van der Waals surface area (Å²) in [7, 11) is -2.76. The van der Waals surface area contributed by atoms with Crippen LogP contribution in [-0.4, -0.2) is 38.3 Å². The molecule has 1 heterocycles. The summed E-state index contributed by atoms with van der Waals surface area (Å²) in [5.74, 6) is 0.795. The Labute approximate surface area is 203 Å². The number of benzene rings is 3.